The molecule has 0 heterocycles. The summed E-state index contributed by atoms with van der Waals surface area (Å²) in [6, 6.07) is 0. The van der Waals surface area contributed by atoms with Gasteiger partial charge in [-0.15, -0.1) is 0 Å². The molecule has 0 aliphatic rings. The molecule has 0 amide bonds. The molecule has 0 fully saturated rings. The molecule has 0 rings (SSSR count). The zero-order chi connectivity index (χ0) is 6.78. The number of rotatable bonds is 2. The van der Waals surface area contributed by atoms with Crippen molar-refractivity contribution in [2.24, 2.45) is 0 Å². The Kier molecular flexibility index (Phi) is 6.48. The van der Waals surface area contributed by atoms with Gasteiger partial charge in [-0.1, -0.05) is 0 Å². The molecule has 6 heteroatoms. The zero-order valence-electron chi connectivity index (χ0n) is 4.11. The van der Waals surface area contributed by atoms with E-state index in [2.05, 4.69) is 6.92 Å². The maximum atomic E-state index is 9.80. The van der Waals surface area contributed by atoms with Crippen LogP contribution < -0.4 is 0 Å². The van der Waals surface area contributed by atoms with E-state index in [4.69, 9.17) is 9.66 Å². The Hall–Kier alpha value is 0.870. The molecule has 0 spiro atoms. The zero-order valence-corrected chi connectivity index (χ0v) is 4.93. The SMILES string of the molecule is [CH2]C(O)CS(=O)(=O)O.[NaH]. The van der Waals surface area contributed by atoms with E-state index in [1.54, 1.807) is 0 Å². The molecule has 0 saturated carbocycles. The van der Waals surface area contributed by atoms with Crippen LogP contribution in [0.1, 0.15) is 0 Å². The average molecular weight is 163 g/mol. The summed E-state index contributed by atoms with van der Waals surface area (Å²) >= 11 is 0. The van der Waals surface area contributed by atoms with Gasteiger partial charge in [-0.2, -0.15) is 8.42 Å². The van der Waals surface area contributed by atoms with Crippen molar-refractivity contribution in [1.82, 2.24) is 0 Å². The Labute approximate surface area is 76.3 Å². The summed E-state index contributed by atoms with van der Waals surface area (Å²) in [4.78, 5) is 0. The van der Waals surface area contributed by atoms with Gasteiger partial charge in [-0.3, -0.25) is 4.55 Å². The molecule has 9 heavy (non-hydrogen) atoms. The molecule has 0 aliphatic heterocycles. The van der Waals surface area contributed by atoms with Gasteiger partial charge < -0.3 is 5.11 Å². The first-order chi connectivity index (χ1) is 3.42. The average Bonchev–Trinajstić information content (AvgIpc) is 1.21. The van der Waals surface area contributed by atoms with Gasteiger partial charge in [0.25, 0.3) is 10.1 Å². The van der Waals surface area contributed by atoms with Crippen molar-refractivity contribution in [2.45, 2.75) is 6.10 Å². The van der Waals surface area contributed by atoms with Crippen LogP contribution >= 0.6 is 0 Å². The molecule has 0 saturated heterocycles. The van der Waals surface area contributed by atoms with Gasteiger partial charge in [0.1, 0.15) is 5.75 Å². The van der Waals surface area contributed by atoms with Crippen LogP contribution in [0.25, 0.3) is 0 Å². The molecule has 0 aromatic heterocycles. The summed E-state index contributed by atoms with van der Waals surface area (Å²) in [7, 11) is -4.04. The van der Waals surface area contributed by atoms with Crippen LogP contribution in [0.2, 0.25) is 0 Å². The predicted octanol–water partition coefficient (Wildman–Crippen LogP) is -1.58. The molecule has 4 nitrogen and oxygen atoms in total. The van der Waals surface area contributed by atoms with Gasteiger partial charge in [-0.05, 0) is 6.92 Å². The van der Waals surface area contributed by atoms with E-state index in [-0.39, 0.29) is 29.6 Å². The molecule has 2 N–H and O–H groups in total. The Morgan fingerprint density at radius 1 is 1.56 bits per heavy atom. The fourth-order valence-corrected chi connectivity index (χ4v) is 0.729. The van der Waals surface area contributed by atoms with E-state index in [9.17, 15) is 8.42 Å². The summed E-state index contributed by atoms with van der Waals surface area (Å²) < 4.78 is 27.6. The van der Waals surface area contributed by atoms with Crippen molar-refractivity contribution in [1.29, 1.82) is 0 Å². The monoisotopic (exact) mass is 163 g/mol. The van der Waals surface area contributed by atoms with Crippen LogP contribution in [0.5, 0.6) is 0 Å². The van der Waals surface area contributed by atoms with Crippen molar-refractivity contribution >= 4 is 39.7 Å². The Morgan fingerprint density at radius 3 is 1.89 bits per heavy atom. The Bertz CT molecular complexity index is 149. The minimum absolute atomic E-state index is 0. The molecule has 1 radical (unpaired) electrons. The van der Waals surface area contributed by atoms with Crippen LogP contribution in [-0.4, -0.2) is 59.5 Å². The molecule has 51 valence electrons. The Balaban J connectivity index is 0. The molecular weight excluding hydrogens is 155 g/mol. The van der Waals surface area contributed by atoms with Gasteiger partial charge >= 0.3 is 29.6 Å². The molecule has 0 bridgehead atoms. The van der Waals surface area contributed by atoms with E-state index in [1.165, 1.54) is 0 Å². The van der Waals surface area contributed by atoms with E-state index in [0.717, 1.165) is 0 Å². The van der Waals surface area contributed by atoms with Gasteiger partial charge in [0.15, 0.2) is 0 Å². The van der Waals surface area contributed by atoms with Gasteiger partial charge in [0.05, 0.1) is 6.10 Å². The summed E-state index contributed by atoms with van der Waals surface area (Å²) in [5, 5.41) is 8.24. The van der Waals surface area contributed by atoms with Gasteiger partial charge in [0.2, 0.25) is 0 Å². The minimum atomic E-state index is -4.04. The molecular formula is C3H8NaO4S. The van der Waals surface area contributed by atoms with E-state index >= 15 is 0 Å². The number of hydrogen-bond donors (Lipinski definition) is 2. The van der Waals surface area contributed by atoms with Crippen LogP contribution in [0.15, 0.2) is 0 Å². The standard InChI is InChI=1S/C3H7O4S.Na.H/c1-3(4)2-8(5,6)7;;/h3-4H,1-2H2,(H,5,6,7);;. The van der Waals surface area contributed by atoms with E-state index < -0.39 is 22.0 Å². The summed E-state index contributed by atoms with van der Waals surface area (Å²) in [5.74, 6) is -0.701. The van der Waals surface area contributed by atoms with Gasteiger partial charge in [0, 0.05) is 0 Å². The third-order valence-electron chi connectivity index (χ3n) is 0.403. The van der Waals surface area contributed by atoms with Gasteiger partial charge in [-0.25, -0.2) is 0 Å². The first kappa shape index (κ1) is 12.5. The number of aliphatic hydroxyl groups excluding tert-OH is 1. The first-order valence-corrected chi connectivity index (χ1v) is 3.49. The van der Waals surface area contributed by atoms with Crippen LogP contribution in [0, 0.1) is 6.92 Å². The molecule has 1 atom stereocenters. The third kappa shape index (κ3) is 12.1. The molecule has 0 aliphatic carbocycles. The first-order valence-electron chi connectivity index (χ1n) is 1.88. The summed E-state index contributed by atoms with van der Waals surface area (Å²) in [6.07, 6.45) is -1.25. The van der Waals surface area contributed by atoms with Crippen molar-refractivity contribution in [3.63, 3.8) is 0 Å². The third-order valence-corrected chi connectivity index (χ3v) is 1.21. The molecule has 0 aromatic rings. The second kappa shape index (κ2) is 4.65. The molecule has 1 unspecified atom stereocenters. The number of hydrogen-bond acceptors (Lipinski definition) is 3. The van der Waals surface area contributed by atoms with Crippen LogP contribution in [0.4, 0.5) is 0 Å². The van der Waals surface area contributed by atoms with Crippen LogP contribution in [-0.2, 0) is 10.1 Å². The predicted molar refractivity (Wildman–Crippen MR) is 34.9 cm³/mol. The van der Waals surface area contributed by atoms with Crippen molar-refractivity contribution in [3.05, 3.63) is 6.92 Å². The Morgan fingerprint density at radius 2 is 1.89 bits per heavy atom. The second-order valence-electron chi connectivity index (χ2n) is 1.40. The van der Waals surface area contributed by atoms with Crippen molar-refractivity contribution in [2.75, 3.05) is 5.75 Å². The summed E-state index contributed by atoms with van der Waals surface area (Å²) in [5.41, 5.74) is 0. The topological polar surface area (TPSA) is 74.6 Å². The fourth-order valence-electron chi connectivity index (χ4n) is 0.243. The second-order valence-corrected chi connectivity index (χ2v) is 2.90. The maximum absolute atomic E-state index is 9.80. The summed E-state index contributed by atoms with van der Waals surface area (Å²) in [6.45, 7) is 2.94. The quantitative estimate of drug-likeness (QED) is 0.380. The van der Waals surface area contributed by atoms with E-state index in [1.807, 2.05) is 0 Å². The van der Waals surface area contributed by atoms with Crippen molar-refractivity contribution < 1.29 is 18.1 Å². The normalized spacial score (nSPS) is 14.1. The molecule has 0 aromatic carbocycles. The van der Waals surface area contributed by atoms with Crippen LogP contribution in [0.3, 0.4) is 0 Å². The number of aliphatic hydroxyl groups is 1. The van der Waals surface area contributed by atoms with E-state index in [0.29, 0.717) is 0 Å². The van der Waals surface area contributed by atoms with Crippen molar-refractivity contribution in [3.8, 4) is 0 Å². The fraction of sp³-hybridized carbons (Fsp3) is 0.667.